The molecule has 3 rings (SSSR count). The highest BCUT2D eigenvalue weighted by atomic mass is 32.2. The van der Waals surface area contributed by atoms with E-state index in [9.17, 15) is 17.6 Å². The summed E-state index contributed by atoms with van der Waals surface area (Å²) >= 11 is 0. The number of amides is 1. The van der Waals surface area contributed by atoms with Crippen LogP contribution in [0.2, 0.25) is 0 Å². The molecule has 31 heavy (non-hydrogen) atoms. The van der Waals surface area contributed by atoms with E-state index < -0.39 is 15.8 Å². The van der Waals surface area contributed by atoms with Crippen LogP contribution in [-0.4, -0.2) is 26.3 Å². The van der Waals surface area contributed by atoms with Crippen LogP contribution in [0, 0.1) is 5.82 Å². The Balaban J connectivity index is 1.76. The Kier molecular flexibility index (Phi) is 6.75. The molecule has 162 valence electrons. The topological polar surface area (TPSA) is 66.5 Å². The maximum atomic E-state index is 13.8. The van der Waals surface area contributed by atoms with Crippen molar-refractivity contribution in [3.8, 4) is 0 Å². The first-order valence-electron chi connectivity index (χ1n) is 9.89. The van der Waals surface area contributed by atoms with Gasteiger partial charge in [-0.3, -0.25) is 9.52 Å². The van der Waals surface area contributed by atoms with E-state index >= 15 is 0 Å². The molecule has 0 atom stereocenters. The number of hydrogen-bond donors (Lipinski definition) is 1. The van der Waals surface area contributed by atoms with Crippen molar-refractivity contribution in [1.82, 2.24) is 4.90 Å². The number of rotatable bonds is 7. The molecule has 1 amide bonds. The molecule has 3 aromatic rings. The zero-order valence-electron chi connectivity index (χ0n) is 17.7. The molecular weight excluding hydrogens is 415 g/mol. The minimum atomic E-state index is -4.05. The molecule has 0 bridgehead atoms. The van der Waals surface area contributed by atoms with Crippen LogP contribution in [0.15, 0.2) is 77.7 Å². The monoisotopic (exact) mass is 440 g/mol. The van der Waals surface area contributed by atoms with Crippen molar-refractivity contribution in [3.63, 3.8) is 0 Å². The number of nitrogens with one attached hydrogen (secondary N) is 1. The Bertz CT molecular complexity index is 1180. The van der Waals surface area contributed by atoms with Gasteiger partial charge in [0.1, 0.15) is 5.82 Å². The second-order valence-electron chi connectivity index (χ2n) is 7.67. The molecule has 1 N–H and O–H groups in total. The summed E-state index contributed by atoms with van der Waals surface area (Å²) < 4.78 is 41.4. The first-order valence-corrected chi connectivity index (χ1v) is 11.4. The molecule has 5 nitrogen and oxygen atoms in total. The van der Waals surface area contributed by atoms with E-state index in [2.05, 4.69) is 18.6 Å². The van der Waals surface area contributed by atoms with Gasteiger partial charge in [0.2, 0.25) is 0 Å². The lowest BCUT2D eigenvalue weighted by atomic mass is 10.0. The van der Waals surface area contributed by atoms with Gasteiger partial charge in [-0.05, 0) is 47.4 Å². The Hall–Kier alpha value is -3.19. The zero-order chi connectivity index (χ0) is 22.6. The summed E-state index contributed by atoms with van der Waals surface area (Å²) in [6.07, 6.45) is 0. The Morgan fingerprint density at radius 1 is 1.00 bits per heavy atom. The molecule has 7 heteroatoms. The summed E-state index contributed by atoms with van der Waals surface area (Å²) in [5, 5.41) is 0. The number of carbonyl (C=O) groups excluding carboxylic acids is 1. The van der Waals surface area contributed by atoms with E-state index in [1.54, 1.807) is 13.1 Å². The maximum absolute atomic E-state index is 13.8. The van der Waals surface area contributed by atoms with E-state index in [0.29, 0.717) is 12.5 Å². The molecule has 0 unspecified atom stereocenters. The lowest BCUT2D eigenvalue weighted by Crippen LogP contribution is -2.26. The third kappa shape index (κ3) is 5.49. The molecule has 0 aliphatic rings. The van der Waals surface area contributed by atoms with Crippen LogP contribution >= 0.6 is 0 Å². The van der Waals surface area contributed by atoms with E-state index in [1.165, 1.54) is 52.9 Å². The van der Waals surface area contributed by atoms with E-state index in [-0.39, 0.29) is 22.1 Å². The van der Waals surface area contributed by atoms with Crippen LogP contribution < -0.4 is 4.72 Å². The van der Waals surface area contributed by atoms with Gasteiger partial charge >= 0.3 is 0 Å². The van der Waals surface area contributed by atoms with Crippen LogP contribution in [0.5, 0.6) is 0 Å². The Labute approximate surface area is 182 Å². The van der Waals surface area contributed by atoms with Crippen molar-refractivity contribution < 1.29 is 17.6 Å². The average molecular weight is 441 g/mol. The molecule has 0 aliphatic carbocycles. The van der Waals surface area contributed by atoms with Gasteiger partial charge in [0, 0.05) is 19.2 Å². The minimum absolute atomic E-state index is 0.115. The van der Waals surface area contributed by atoms with Crippen molar-refractivity contribution in [3.05, 3.63) is 95.3 Å². The molecular formula is C24H25FN2O3S. The molecule has 0 aromatic heterocycles. The largest absolute Gasteiger partial charge is 0.337 e. The molecule has 0 fully saturated rings. The normalized spacial score (nSPS) is 11.4. The molecule has 0 saturated heterocycles. The number of anilines is 1. The molecule has 0 radical (unpaired) electrons. The fraction of sp³-hybridized carbons (Fsp3) is 0.208. The van der Waals surface area contributed by atoms with E-state index in [4.69, 9.17) is 0 Å². The predicted octanol–water partition coefficient (Wildman–Crippen LogP) is 5.02. The number of hydrogen-bond acceptors (Lipinski definition) is 3. The standard InChI is InChI=1S/C24H25FN2O3S/c1-17(2)19-13-11-18(12-14-19)16-27(3)24(28)20-7-6-8-21(15-20)31(29,30)26-23-10-5-4-9-22(23)25/h4-15,17,26H,16H2,1-3H3. The Morgan fingerprint density at radius 3 is 2.32 bits per heavy atom. The number of nitrogens with zero attached hydrogens (tertiary/aromatic N) is 1. The zero-order valence-corrected chi connectivity index (χ0v) is 18.5. The quantitative estimate of drug-likeness (QED) is 0.561. The van der Waals surface area contributed by atoms with Crippen LogP contribution in [0.4, 0.5) is 10.1 Å². The molecule has 0 spiro atoms. The van der Waals surface area contributed by atoms with Crippen LogP contribution in [0.3, 0.4) is 0 Å². The number of halogens is 1. The van der Waals surface area contributed by atoms with Crippen molar-refractivity contribution >= 4 is 21.6 Å². The molecule has 0 heterocycles. The van der Waals surface area contributed by atoms with Crippen molar-refractivity contribution in [2.24, 2.45) is 0 Å². The number of para-hydroxylation sites is 1. The molecule has 0 aliphatic heterocycles. The molecule has 0 saturated carbocycles. The van der Waals surface area contributed by atoms with E-state index in [0.717, 1.165) is 5.56 Å². The minimum Gasteiger partial charge on any atom is -0.337 e. The van der Waals surface area contributed by atoms with Gasteiger partial charge in [-0.15, -0.1) is 0 Å². The first-order chi connectivity index (χ1) is 14.7. The smallest absolute Gasteiger partial charge is 0.262 e. The summed E-state index contributed by atoms with van der Waals surface area (Å²) in [5.41, 5.74) is 2.28. The number of benzene rings is 3. The van der Waals surface area contributed by atoms with Gasteiger partial charge in [0.25, 0.3) is 15.9 Å². The Morgan fingerprint density at radius 2 is 1.68 bits per heavy atom. The third-order valence-electron chi connectivity index (χ3n) is 4.92. The summed E-state index contributed by atoms with van der Waals surface area (Å²) in [5.74, 6) is -0.562. The highest BCUT2D eigenvalue weighted by molar-refractivity contribution is 7.92. The SMILES string of the molecule is CC(C)c1ccc(CN(C)C(=O)c2cccc(S(=O)(=O)Nc3ccccc3F)c2)cc1. The second-order valence-corrected chi connectivity index (χ2v) is 9.35. The van der Waals surface area contributed by atoms with Crippen molar-refractivity contribution in [2.75, 3.05) is 11.8 Å². The van der Waals surface area contributed by atoms with Gasteiger partial charge in [-0.1, -0.05) is 56.3 Å². The fourth-order valence-electron chi connectivity index (χ4n) is 3.12. The lowest BCUT2D eigenvalue weighted by Gasteiger charge is -2.18. The first kappa shape index (κ1) is 22.5. The van der Waals surface area contributed by atoms with E-state index in [1.807, 2.05) is 24.3 Å². The average Bonchev–Trinajstić information content (AvgIpc) is 2.75. The van der Waals surface area contributed by atoms with Crippen LogP contribution in [0.25, 0.3) is 0 Å². The summed E-state index contributed by atoms with van der Waals surface area (Å²) in [7, 11) is -2.39. The number of carbonyl (C=O) groups is 1. The van der Waals surface area contributed by atoms with Gasteiger partial charge in [0.05, 0.1) is 10.6 Å². The van der Waals surface area contributed by atoms with Crippen LogP contribution in [0.1, 0.15) is 41.3 Å². The van der Waals surface area contributed by atoms with Crippen molar-refractivity contribution in [2.45, 2.75) is 31.2 Å². The predicted molar refractivity (Wildman–Crippen MR) is 120 cm³/mol. The highest BCUT2D eigenvalue weighted by Gasteiger charge is 2.19. The number of sulfonamides is 1. The van der Waals surface area contributed by atoms with Crippen LogP contribution in [-0.2, 0) is 16.6 Å². The van der Waals surface area contributed by atoms with Gasteiger partial charge < -0.3 is 4.90 Å². The fourth-order valence-corrected chi connectivity index (χ4v) is 4.23. The highest BCUT2D eigenvalue weighted by Crippen LogP contribution is 2.21. The second kappa shape index (κ2) is 9.31. The summed E-state index contributed by atoms with van der Waals surface area (Å²) in [6.45, 7) is 4.63. The summed E-state index contributed by atoms with van der Waals surface area (Å²) in [4.78, 5) is 14.3. The van der Waals surface area contributed by atoms with Crippen molar-refractivity contribution in [1.29, 1.82) is 0 Å². The third-order valence-corrected chi connectivity index (χ3v) is 6.29. The van der Waals surface area contributed by atoms with Gasteiger partial charge in [-0.25, -0.2) is 12.8 Å². The molecule has 3 aromatic carbocycles. The summed E-state index contributed by atoms with van der Waals surface area (Å²) in [6, 6.07) is 19.3. The van der Waals surface area contributed by atoms with Gasteiger partial charge in [0.15, 0.2) is 0 Å². The lowest BCUT2D eigenvalue weighted by molar-refractivity contribution is 0.0785. The maximum Gasteiger partial charge on any atom is 0.262 e. The van der Waals surface area contributed by atoms with Gasteiger partial charge in [-0.2, -0.15) is 0 Å².